The van der Waals surface area contributed by atoms with Crippen molar-refractivity contribution < 1.29 is 18.4 Å². The van der Waals surface area contributed by atoms with E-state index >= 15 is 0 Å². The molecule has 2 heterocycles. The van der Waals surface area contributed by atoms with Crippen molar-refractivity contribution in [1.82, 2.24) is 10.2 Å². The molecule has 2 N–H and O–H groups in total. The first-order valence-electron chi connectivity index (χ1n) is 8.35. The molecule has 26 heavy (non-hydrogen) atoms. The fourth-order valence-corrected chi connectivity index (χ4v) is 3.72. The van der Waals surface area contributed by atoms with Gasteiger partial charge in [-0.1, -0.05) is 0 Å². The molecule has 0 bridgehead atoms. The maximum Gasteiger partial charge on any atom is 0.313 e. The summed E-state index contributed by atoms with van der Waals surface area (Å²) >= 11 is 1.58. The number of amides is 2. The van der Waals surface area contributed by atoms with Crippen LogP contribution in [0, 0.1) is 11.6 Å². The highest BCUT2D eigenvalue weighted by Crippen LogP contribution is 2.26. The second kappa shape index (κ2) is 8.37. The summed E-state index contributed by atoms with van der Waals surface area (Å²) in [7, 11) is 0. The van der Waals surface area contributed by atoms with E-state index in [1.807, 2.05) is 16.8 Å². The van der Waals surface area contributed by atoms with Crippen LogP contribution in [0.1, 0.15) is 24.4 Å². The Labute approximate surface area is 154 Å². The summed E-state index contributed by atoms with van der Waals surface area (Å²) in [4.78, 5) is 26.3. The molecule has 2 aromatic rings. The lowest BCUT2D eigenvalue weighted by molar-refractivity contribution is -0.136. The van der Waals surface area contributed by atoms with Crippen molar-refractivity contribution in [3.8, 4) is 0 Å². The summed E-state index contributed by atoms with van der Waals surface area (Å²) in [6.07, 6.45) is 2.21. The number of rotatable bonds is 5. The van der Waals surface area contributed by atoms with Gasteiger partial charge in [-0.2, -0.15) is 11.3 Å². The lowest BCUT2D eigenvalue weighted by Gasteiger charge is -2.27. The standard InChI is InChI=1S/C18H19F2N3O2S/c19-13-3-4-14(20)15(9-13)22-18(25)17(24)21-10-16(12-5-8-26-11-12)23-6-1-2-7-23/h3-5,8-9,11,16H,1-2,6-7,10H2,(H,21,24)(H,22,25). The second-order valence-corrected chi connectivity index (χ2v) is 6.88. The predicted octanol–water partition coefficient (Wildman–Crippen LogP) is 2.92. The number of hydrogen-bond donors (Lipinski definition) is 2. The van der Waals surface area contributed by atoms with Gasteiger partial charge in [0, 0.05) is 12.6 Å². The Morgan fingerprint density at radius 1 is 1.15 bits per heavy atom. The third-order valence-electron chi connectivity index (χ3n) is 4.35. The van der Waals surface area contributed by atoms with Crippen molar-refractivity contribution in [2.24, 2.45) is 0 Å². The molecule has 1 aromatic carbocycles. The number of thiophene rings is 1. The number of carbonyl (C=O) groups excluding carboxylic acids is 2. The molecular weight excluding hydrogens is 360 g/mol. The van der Waals surface area contributed by atoms with Crippen LogP contribution in [-0.4, -0.2) is 36.3 Å². The van der Waals surface area contributed by atoms with Crippen LogP contribution in [0.25, 0.3) is 0 Å². The van der Waals surface area contributed by atoms with Crippen LogP contribution in [0.3, 0.4) is 0 Å². The normalized spacial score (nSPS) is 15.6. The molecular formula is C18H19F2N3O2S. The molecule has 0 spiro atoms. The minimum absolute atomic E-state index is 0.00796. The van der Waals surface area contributed by atoms with Gasteiger partial charge < -0.3 is 10.6 Å². The highest BCUT2D eigenvalue weighted by molar-refractivity contribution is 7.08. The summed E-state index contributed by atoms with van der Waals surface area (Å²) in [6, 6.07) is 4.66. The number of benzene rings is 1. The van der Waals surface area contributed by atoms with Gasteiger partial charge in [0.15, 0.2) is 0 Å². The molecule has 1 saturated heterocycles. The third-order valence-corrected chi connectivity index (χ3v) is 5.05. The van der Waals surface area contributed by atoms with Gasteiger partial charge in [-0.15, -0.1) is 0 Å². The lowest BCUT2D eigenvalue weighted by Crippen LogP contribution is -2.41. The van der Waals surface area contributed by atoms with Gasteiger partial charge in [0.2, 0.25) is 0 Å². The van der Waals surface area contributed by atoms with Crippen molar-refractivity contribution in [2.45, 2.75) is 18.9 Å². The molecule has 1 atom stereocenters. The second-order valence-electron chi connectivity index (χ2n) is 6.10. The summed E-state index contributed by atoms with van der Waals surface area (Å²) in [6.45, 7) is 2.16. The fraction of sp³-hybridized carbons (Fsp3) is 0.333. The zero-order valence-corrected chi connectivity index (χ0v) is 14.8. The first-order chi connectivity index (χ1) is 12.5. The Morgan fingerprint density at radius 2 is 1.92 bits per heavy atom. The Morgan fingerprint density at radius 3 is 2.62 bits per heavy atom. The van der Waals surface area contributed by atoms with Gasteiger partial charge in [0.1, 0.15) is 11.6 Å². The quantitative estimate of drug-likeness (QED) is 0.786. The van der Waals surface area contributed by atoms with Crippen molar-refractivity contribution in [2.75, 3.05) is 25.0 Å². The SMILES string of the molecule is O=C(NCC(c1ccsc1)N1CCCC1)C(=O)Nc1cc(F)ccc1F. The molecule has 138 valence electrons. The summed E-state index contributed by atoms with van der Waals surface area (Å²) in [5.74, 6) is -3.41. The summed E-state index contributed by atoms with van der Waals surface area (Å²) < 4.78 is 26.7. The molecule has 3 rings (SSSR count). The molecule has 2 amide bonds. The largest absolute Gasteiger partial charge is 0.346 e. The van der Waals surface area contributed by atoms with Gasteiger partial charge in [0.25, 0.3) is 0 Å². The van der Waals surface area contributed by atoms with Crippen molar-refractivity contribution in [3.05, 3.63) is 52.2 Å². The minimum atomic E-state index is -1.03. The van der Waals surface area contributed by atoms with Crippen LogP contribution in [0.2, 0.25) is 0 Å². The van der Waals surface area contributed by atoms with Crippen molar-refractivity contribution in [3.63, 3.8) is 0 Å². The van der Waals surface area contributed by atoms with E-state index in [1.54, 1.807) is 11.3 Å². The predicted molar refractivity (Wildman–Crippen MR) is 95.9 cm³/mol. The number of anilines is 1. The third kappa shape index (κ3) is 4.44. The number of carbonyl (C=O) groups is 2. The van der Waals surface area contributed by atoms with E-state index in [0.717, 1.165) is 49.7 Å². The molecule has 1 fully saturated rings. The number of likely N-dealkylation sites (tertiary alicyclic amines) is 1. The molecule has 0 saturated carbocycles. The van der Waals surface area contributed by atoms with Crippen LogP contribution in [0.5, 0.6) is 0 Å². The molecule has 1 unspecified atom stereocenters. The number of nitrogens with zero attached hydrogens (tertiary/aromatic N) is 1. The van der Waals surface area contributed by atoms with Gasteiger partial charge in [-0.05, 0) is 60.5 Å². The maximum absolute atomic E-state index is 13.6. The van der Waals surface area contributed by atoms with E-state index in [0.29, 0.717) is 0 Å². The minimum Gasteiger partial charge on any atom is -0.346 e. The van der Waals surface area contributed by atoms with Crippen molar-refractivity contribution >= 4 is 28.8 Å². The zero-order chi connectivity index (χ0) is 18.5. The highest BCUT2D eigenvalue weighted by atomic mass is 32.1. The molecule has 8 heteroatoms. The average molecular weight is 379 g/mol. The summed E-state index contributed by atoms with van der Waals surface area (Å²) in [5.41, 5.74) is 0.730. The maximum atomic E-state index is 13.6. The first kappa shape index (κ1) is 18.5. The van der Waals surface area contributed by atoms with Gasteiger partial charge in [-0.25, -0.2) is 8.78 Å². The first-order valence-corrected chi connectivity index (χ1v) is 9.29. The zero-order valence-electron chi connectivity index (χ0n) is 14.0. The summed E-state index contributed by atoms with van der Waals surface area (Å²) in [5, 5.41) is 8.70. The van der Waals surface area contributed by atoms with Crippen LogP contribution >= 0.6 is 11.3 Å². The van der Waals surface area contributed by atoms with Crippen LogP contribution in [-0.2, 0) is 9.59 Å². The lowest BCUT2D eigenvalue weighted by atomic mass is 10.1. The Balaban J connectivity index is 1.61. The molecule has 0 radical (unpaired) electrons. The highest BCUT2D eigenvalue weighted by Gasteiger charge is 2.25. The Bertz CT molecular complexity index is 777. The van der Waals surface area contributed by atoms with E-state index in [2.05, 4.69) is 15.5 Å². The van der Waals surface area contributed by atoms with E-state index in [-0.39, 0.29) is 18.3 Å². The van der Waals surface area contributed by atoms with Crippen molar-refractivity contribution in [1.29, 1.82) is 0 Å². The van der Waals surface area contributed by atoms with Gasteiger partial charge >= 0.3 is 11.8 Å². The molecule has 1 aliphatic heterocycles. The number of nitrogens with one attached hydrogen (secondary N) is 2. The topological polar surface area (TPSA) is 61.4 Å². The number of halogens is 2. The van der Waals surface area contributed by atoms with E-state index < -0.39 is 23.4 Å². The fourth-order valence-electron chi connectivity index (χ4n) is 3.02. The smallest absolute Gasteiger partial charge is 0.313 e. The van der Waals surface area contributed by atoms with E-state index in [9.17, 15) is 18.4 Å². The Kier molecular flexibility index (Phi) is 5.95. The number of hydrogen-bond acceptors (Lipinski definition) is 4. The van der Waals surface area contributed by atoms with E-state index in [1.165, 1.54) is 0 Å². The molecule has 1 aromatic heterocycles. The van der Waals surface area contributed by atoms with Crippen LogP contribution < -0.4 is 10.6 Å². The molecule has 5 nitrogen and oxygen atoms in total. The van der Waals surface area contributed by atoms with Crippen LogP contribution in [0.15, 0.2) is 35.0 Å². The van der Waals surface area contributed by atoms with Crippen LogP contribution in [0.4, 0.5) is 14.5 Å². The average Bonchev–Trinajstić information content (AvgIpc) is 3.32. The van der Waals surface area contributed by atoms with Gasteiger partial charge in [0.05, 0.1) is 11.7 Å². The molecule has 1 aliphatic rings. The van der Waals surface area contributed by atoms with E-state index in [4.69, 9.17) is 0 Å². The Hall–Kier alpha value is -2.32. The monoisotopic (exact) mass is 379 g/mol. The molecule has 0 aliphatic carbocycles. The van der Waals surface area contributed by atoms with Gasteiger partial charge in [-0.3, -0.25) is 14.5 Å².